The molecule has 4 rings (SSSR count). The van der Waals surface area contributed by atoms with E-state index in [1.54, 1.807) is 12.4 Å². The Balaban J connectivity index is 0.00000240. The van der Waals surface area contributed by atoms with Crippen LogP contribution in [0, 0.1) is 5.92 Å². The Labute approximate surface area is 184 Å². The molecule has 0 bridgehead atoms. The van der Waals surface area contributed by atoms with E-state index in [9.17, 15) is 4.79 Å². The average Bonchev–Trinajstić information content (AvgIpc) is 3.57. The molecule has 2 N–H and O–H groups in total. The predicted octanol–water partition coefficient (Wildman–Crippen LogP) is 4.85. The van der Waals surface area contributed by atoms with Crippen molar-refractivity contribution < 1.29 is 4.79 Å². The molecule has 2 saturated carbocycles. The number of nitrogens with two attached hydrogens (primary N) is 1. The van der Waals surface area contributed by atoms with Gasteiger partial charge in [0.15, 0.2) is 0 Å². The Morgan fingerprint density at radius 3 is 2.41 bits per heavy atom. The Morgan fingerprint density at radius 2 is 1.83 bits per heavy atom. The van der Waals surface area contributed by atoms with Crippen LogP contribution in [0.2, 0.25) is 5.02 Å². The van der Waals surface area contributed by atoms with Crippen LogP contribution < -0.4 is 5.73 Å². The molecule has 1 aromatic heterocycles. The fourth-order valence-electron chi connectivity index (χ4n) is 4.53. The standard InChI is InChI=1S/C23H28ClN3O.ClH/c24-20-3-1-2-19(14-20)23(16-25)10-6-21(7-11-23)27(15-17-4-5-17)22(28)18-8-12-26-13-9-18;/h1-3,8-9,12-14,17,21H,4-7,10-11,15-16,25H2;1H/t21-,23-;. The molecule has 0 aliphatic heterocycles. The van der Waals surface area contributed by atoms with Crippen LogP contribution in [0.1, 0.15) is 54.4 Å². The van der Waals surface area contributed by atoms with Crippen molar-refractivity contribution in [2.24, 2.45) is 11.7 Å². The lowest BCUT2D eigenvalue weighted by atomic mass is 9.68. The summed E-state index contributed by atoms with van der Waals surface area (Å²) >= 11 is 6.24. The van der Waals surface area contributed by atoms with Gasteiger partial charge in [-0.05, 0) is 74.3 Å². The van der Waals surface area contributed by atoms with Crippen LogP contribution in [0.5, 0.6) is 0 Å². The SMILES string of the molecule is Cl.NC[C@]1(c2cccc(Cl)c2)CC[C@H](N(CC2CC2)C(=O)c2ccncc2)CC1. The van der Waals surface area contributed by atoms with Crippen molar-refractivity contribution in [1.82, 2.24) is 9.88 Å². The summed E-state index contributed by atoms with van der Waals surface area (Å²) in [5.74, 6) is 0.808. The normalized spacial score (nSPS) is 23.9. The summed E-state index contributed by atoms with van der Waals surface area (Å²) in [6.45, 7) is 1.49. The molecule has 0 saturated heterocycles. The van der Waals surface area contributed by atoms with Crippen molar-refractivity contribution >= 4 is 29.9 Å². The largest absolute Gasteiger partial charge is 0.335 e. The predicted molar refractivity (Wildman–Crippen MR) is 120 cm³/mol. The molecule has 1 amide bonds. The van der Waals surface area contributed by atoms with E-state index in [1.165, 1.54) is 18.4 Å². The number of aromatic nitrogens is 1. The smallest absolute Gasteiger partial charge is 0.254 e. The van der Waals surface area contributed by atoms with Gasteiger partial charge >= 0.3 is 0 Å². The number of rotatable bonds is 6. The van der Waals surface area contributed by atoms with Gasteiger partial charge in [-0.2, -0.15) is 0 Å². The monoisotopic (exact) mass is 433 g/mol. The summed E-state index contributed by atoms with van der Waals surface area (Å²) in [4.78, 5) is 19.4. The van der Waals surface area contributed by atoms with E-state index in [1.807, 2.05) is 24.3 Å². The van der Waals surface area contributed by atoms with Gasteiger partial charge in [-0.25, -0.2) is 0 Å². The fourth-order valence-corrected chi connectivity index (χ4v) is 4.72. The van der Waals surface area contributed by atoms with Crippen molar-refractivity contribution in [3.8, 4) is 0 Å². The summed E-state index contributed by atoms with van der Waals surface area (Å²) in [6, 6.07) is 12.0. The molecule has 2 fully saturated rings. The number of hydrogen-bond acceptors (Lipinski definition) is 3. The highest BCUT2D eigenvalue weighted by Crippen LogP contribution is 2.42. The zero-order valence-electron chi connectivity index (χ0n) is 16.6. The molecule has 1 heterocycles. The quantitative estimate of drug-likeness (QED) is 0.707. The summed E-state index contributed by atoms with van der Waals surface area (Å²) in [7, 11) is 0. The van der Waals surface area contributed by atoms with Crippen LogP contribution in [0.3, 0.4) is 0 Å². The molecule has 29 heavy (non-hydrogen) atoms. The van der Waals surface area contributed by atoms with E-state index < -0.39 is 0 Å². The maximum absolute atomic E-state index is 13.2. The minimum absolute atomic E-state index is 0. The maximum atomic E-state index is 13.2. The van der Waals surface area contributed by atoms with E-state index in [-0.39, 0.29) is 29.8 Å². The minimum Gasteiger partial charge on any atom is -0.335 e. The molecule has 2 aromatic rings. The molecule has 0 spiro atoms. The zero-order chi connectivity index (χ0) is 19.6. The average molecular weight is 434 g/mol. The summed E-state index contributed by atoms with van der Waals surface area (Å²) in [5.41, 5.74) is 8.19. The van der Waals surface area contributed by atoms with Crippen LogP contribution in [0.4, 0.5) is 0 Å². The highest BCUT2D eigenvalue weighted by Gasteiger charge is 2.40. The van der Waals surface area contributed by atoms with Crippen LogP contribution in [-0.2, 0) is 5.41 Å². The molecular weight excluding hydrogens is 405 g/mol. The summed E-state index contributed by atoms with van der Waals surface area (Å²) in [6.07, 6.45) is 9.80. The lowest BCUT2D eigenvalue weighted by Crippen LogP contribution is -2.48. The van der Waals surface area contributed by atoms with Crippen molar-refractivity contribution in [3.63, 3.8) is 0 Å². The molecule has 2 aliphatic rings. The lowest BCUT2D eigenvalue weighted by molar-refractivity contribution is 0.0581. The highest BCUT2D eigenvalue weighted by molar-refractivity contribution is 6.30. The molecule has 156 valence electrons. The first-order valence-corrected chi connectivity index (χ1v) is 10.7. The van der Waals surface area contributed by atoms with E-state index in [0.717, 1.165) is 42.8 Å². The Bertz CT molecular complexity index is 818. The molecular formula is C23H29Cl2N3O. The Morgan fingerprint density at radius 1 is 1.14 bits per heavy atom. The number of carbonyl (C=O) groups excluding carboxylic acids is 1. The Kier molecular flexibility index (Phi) is 7.20. The maximum Gasteiger partial charge on any atom is 0.254 e. The van der Waals surface area contributed by atoms with Crippen LogP contribution in [-0.4, -0.2) is 34.9 Å². The second-order valence-electron chi connectivity index (χ2n) is 8.36. The second kappa shape index (κ2) is 9.46. The third-order valence-corrected chi connectivity index (χ3v) is 6.76. The molecule has 4 nitrogen and oxygen atoms in total. The minimum atomic E-state index is -0.0354. The van der Waals surface area contributed by atoms with Crippen molar-refractivity contribution in [1.29, 1.82) is 0 Å². The number of pyridine rings is 1. The number of carbonyl (C=O) groups is 1. The van der Waals surface area contributed by atoms with Crippen LogP contribution >= 0.6 is 24.0 Å². The van der Waals surface area contributed by atoms with Gasteiger partial charge in [0.25, 0.3) is 5.91 Å². The zero-order valence-corrected chi connectivity index (χ0v) is 18.2. The molecule has 0 radical (unpaired) electrons. The van der Waals surface area contributed by atoms with Crippen molar-refractivity contribution in [2.45, 2.75) is 50.0 Å². The second-order valence-corrected chi connectivity index (χ2v) is 8.80. The third kappa shape index (κ3) is 4.93. The first-order chi connectivity index (χ1) is 13.6. The first-order valence-electron chi connectivity index (χ1n) is 10.3. The van der Waals surface area contributed by atoms with Gasteiger partial charge in [-0.3, -0.25) is 9.78 Å². The van der Waals surface area contributed by atoms with Crippen LogP contribution in [0.15, 0.2) is 48.8 Å². The van der Waals surface area contributed by atoms with Gasteiger partial charge in [-0.1, -0.05) is 23.7 Å². The van der Waals surface area contributed by atoms with Gasteiger partial charge in [-0.15, -0.1) is 12.4 Å². The van der Waals surface area contributed by atoms with E-state index in [2.05, 4.69) is 22.0 Å². The highest BCUT2D eigenvalue weighted by atomic mass is 35.5. The van der Waals surface area contributed by atoms with Gasteiger partial charge in [0.2, 0.25) is 0 Å². The van der Waals surface area contributed by atoms with Gasteiger partial charge < -0.3 is 10.6 Å². The third-order valence-electron chi connectivity index (χ3n) is 6.52. The van der Waals surface area contributed by atoms with E-state index in [0.29, 0.717) is 12.5 Å². The van der Waals surface area contributed by atoms with E-state index >= 15 is 0 Å². The van der Waals surface area contributed by atoms with E-state index in [4.69, 9.17) is 17.3 Å². The number of hydrogen-bond donors (Lipinski definition) is 1. The molecule has 2 aliphatic carbocycles. The van der Waals surface area contributed by atoms with Crippen molar-refractivity contribution in [2.75, 3.05) is 13.1 Å². The molecule has 6 heteroatoms. The summed E-state index contributed by atoms with van der Waals surface area (Å²) in [5, 5.41) is 0.760. The summed E-state index contributed by atoms with van der Waals surface area (Å²) < 4.78 is 0. The topological polar surface area (TPSA) is 59.2 Å². The molecule has 1 aromatic carbocycles. The Hall–Kier alpha value is -1.62. The number of halogens is 2. The fraction of sp³-hybridized carbons (Fsp3) is 0.478. The number of benzene rings is 1. The first kappa shape index (κ1) is 22.1. The van der Waals surface area contributed by atoms with Crippen molar-refractivity contribution in [3.05, 3.63) is 64.9 Å². The van der Waals surface area contributed by atoms with Gasteiger partial charge in [0.1, 0.15) is 0 Å². The van der Waals surface area contributed by atoms with Gasteiger partial charge in [0.05, 0.1) is 0 Å². The van der Waals surface area contributed by atoms with Crippen LogP contribution in [0.25, 0.3) is 0 Å². The number of amides is 1. The molecule has 0 atom stereocenters. The molecule has 0 unspecified atom stereocenters. The lowest BCUT2D eigenvalue weighted by Gasteiger charge is -2.43. The number of nitrogens with zero attached hydrogens (tertiary/aromatic N) is 2. The van der Waals surface area contributed by atoms with Gasteiger partial charge in [0, 0.05) is 47.5 Å².